The van der Waals surface area contributed by atoms with Crippen molar-refractivity contribution >= 4 is 0 Å². The SMILES string of the molecule is CC1=CC=C(Oc2ccc(Oc3ccc(C)cc3)cc2)C=CC1. The van der Waals surface area contributed by atoms with Crippen molar-refractivity contribution in [2.24, 2.45) is 0 Å². The van der Waals surface area contributed by atoms with Gasteiger partial charge in [-0.3, -0.25) is 0 Å². The number of rotatable bonds is 4. The van der Waals surface area contributed by atoms with E-state index in [1.807, 2.05) is 60.7 Å². The van der Waals surface area contributed by atoms with Crippen LogP contribution in [0.3, 0.4) is 0 Å². The number of benzene rings is 2. The van der Waals surface area contributed by atoms with Crippen LogP contribution in [-0.2, 0) is 0 Å². The summed E-state index contributed by atoms with van der Waals surface area (Å²) in [5, 5.41) is 0. The van der Waals surface area contributed by atoms with E-state index in [2.05, 4.69) is 26.0 Å². The fraction of sp³-hybridized carbons (Fsp3) is 0.143. The summed E-state index contributed by atoms with van der Waals surface area (Å²) in [5.41, 5.74) is 2.54. The van der Waals surface area contributed by atoms with Gasteiger partial charge in [0.1, 0.15) is 23.0 Å². The van der Waals surface area contributed by atoms with Gasteiger partial charge in [-0.2, -0.15) is 0 Å². The van der Waals surface area contributed by atoms with Gasteiger partial charge < -0.3 is 9.47 Å². The van der Waals surface area contributed by atoms with Crippen LogP contribution in [0.15, 0.2) is 84.2 Å². The van der Waals surface area contributed by atoms with Crippen molar-refractivity contribution in [3.63, 3.8) is 0 Å². The summed E-state index contributed by atoms with van der Waals surface area (Å²) in [6.45, 7) is 4.17. The van der Waals surface area contributed by atoms with E-state index in [1.165, 1.54) is 11.1 Å². The highest BCUT2D eigenvalue weighted by atomic mass is 16.5. The zero-order chi connectivity index (χ0) is 16.1. The molecule has 0 saturated carbocycles. The third-order valence-corrected chi connectivity index (χ3v) is 3.57. The molecule has 23 heavy (non-hydrogen) atoms. The van der Waals surface area contributed by atoms with Crippen molar-refractivity contribution in [3.05, 3.63) is 89.7 Å². The fourth-order valence-electron chi connectivity index (χ4n) is 2.23. The molecule has 0 atom stereocenters. The van der Waals surface area contributed by atoms with E-state index in [0.717, 1.165) is 29.4 Å². The van der Waals surface area contributed by atoms with E-state index in [0.29, 0.717) is 0 Å². The molecular weight excluding hydrogens is 284 g/mol. The van der Waals surface area contributed by atoms with E-state index in [4.69, 9.17) is 9.47 Å². The van der Waals surface area contributed by atoms with Crippen molar-refractivity contribution in [3.8, 4) is 17.2 Å². The zero-order valence-corrected chi connectivity index (χ0v) is 13.5. The summed E-state index contributed by atoms with van der Waals surface area (Å²) in [7, 11) is 0. The molecule has 0 bridgehead atoms. The van der Waals surface area contributed by atoms with Gasteiger partial charge >= 0.3 is 0 Å². The molecule has 0 N–H and O–H groups in total. The van der Waals surface area contributed by atoms with Gasteiger partial charge in [-0.15, -0.1) is 0 Å². The molecule has 0 aliphatic heterocycles. The minimum Gasteiger partial charge on any atom is -0.457 e. The number of aryl methyl sites for hydroxylation is 1. The molecule has 0 radical (unpaired) electrons. The standard InChI is InChI=1S/C21H20O2/c1-16-4-3-5-18(9-6-16)22-20-12-14-21(15-13-20)23-19-10-7-17(2)8-11-19/h3,5-15H,4H2,1-2H3. The van der Waals surface area contributed by atoms with Crippen LogP contribution in [0.25, 0.3) is 0 Å². The average molecular weight is 304 g/mol. The topological polar surface area (TPSA) is 18.5 Å². The number of hydrogen-bond acceptors (Lipinski definition) is 2. The molecule has 0 aromatic heterocycles. The Kier molecular flexibility index (Phi) is 4.62. The lowest BCUT2D eigenvalue weighted by Gasteiger charge is -2.08. The van der Waals surface area contributed by atoms with Gasteiger partial charge in [0.2, 0.25) is 0 Å². The van der Waals surface area contributed by atoms with Crippen LogP contribution >= 0.6 is 0 Å². The molecule has 3 rings (SSSR count). The lowest BCUT2D eigenvalue weighted by molar-refractivity contribution is 0.441. The Labute approximate surface area is 137 Å². The number of hydrogen-bond donors (Lipinski definition) is 0. The van der Waals surface area contributed by atoms with Crippen LogP contribution in [0.2, 0.25) is 0 Å². The number of ether oxygens (including phenoxy) is 2. The van der Waals surface area contributed by atoms with Gasteiger partial charge in [0.25, 0.3) is 0 Å². The third-order valence-electron chi connectivity index (χ3n) is 3.57. The Morgan fingerprint density at radius 1 is 0.696 bits per heavy atom. The molecule has 0 spiro atoms. The fourth-order valence-corrected chi connectivity index (χ4v) is 2.23. The summed E-state index contributed by atoms with van der Waals surface area (Å²) in [5.74, 6) is 3.26. The predicted octanol–water partition coefficient (Wildman–Crippen LogP) is 5.96. The first-order valence-corrected chi connectivity index (χ1v) is 7.75. The molecule has 2 nitrogen and oxygen atoms in total. The van der Waals surface area contributed by atoms with Crippen molar-refractivity contribution in [2.45, 2.75) is 20.3 Å². The maximum Gasteiger partial charge on any atom is 0.127 e. The van der Waals surface area contributed by atoms with Crippen LogP contribution in [0.1, 0.15) is 18.9 Å². The van der Waals surface area contributed by atoms with Gasteiger partial charge in [0.15, 0.2) is 0 Å². The van der Waals surface area contributed by atoms with Crippen molar-refractivity contribution in [1.29, 1.82) is 0 Å². The molecule has 2 aromatic carbocycles. The maximum atomic E-state index is 5.88. The Morgan fingerprint density at radius 3 is 1.91 bits per heavy atom. The summed E-state index contributed by atoms with van der Waals surface area (Å²) >= 11 is 0. The van der Waals surface area contributed by atoms with Gasteiger partial charge in [0.05, 0.1) is 0 Å². The third kappa shape index (κ3) is 4.36. The molecule has 1 aliphatic rings. The second-order valence-corrected chi connectivity index (χ2v) is 5.68. The largest absolute Gasteiger partial charge is 0.457 e. The average Bonchev–Trinajstić information content (AvgIpc) is 2.76. The van der Waals surface area contributed by atoms with Crippen molar-refractivity contribution in [2.75, 3.05) is 0 Å². The molecule has 116 valence electrons. The molecule has 2 aromatic rings. The molecule has 0 fully saturated rings. The van der Waals surface area contributed by atoms with Crippen LogP contribution < -0.4 is 9.47 Å². The highest BCUT2D eigenvalue weighted by Crippen LogP contribution is 2.25. The lowest BCUT2D eigenvalue weighted by Crippen LogP contribution is -1.91. The zero-order valence-electron chi connectivity index (χ0n) is 13.5. The van der Waals surface area contributed by atoms with Gasteiger partial charge in [-0.05, 0) is 68.8 Å². The Hall–Kier alpha value is -2.74. The lowest BCUT2D eigenvalue weighted by atomic mass is 10.2. The highest BCUT2D eigenvalue weighted by Gasteiger charge is 2.02. The quantitative estimate of drug-likeness (QED) is 0.694. The van der Waals surface area contributed by atoms with Crippen LogP contribution in [-0.4, -0.2) is 0 Å². The second-order valence-electron chi connectivity index (χ2n) is 5.68. The van der Waals surface area contributed by atoms with Crippen LogP contribution in [0, 0.1) is 6.92 Å². The molecule has 0 heterocycles. The van der Waals surface area contributed by atoms with Crippen LogP contribution in [0.5, 0.6) is 17.2 Å². The Bertz CT molecular complexity index is 747. The first kappa shape index (κ1) is 15.2. The molecular formula is C21H20O2. The summed E-state index contributed by atoms with van der Waals surface area (Å²) in [6.07, 6.45) is 9.16. The number of allylic oxidation sites excluding steroid dienone is 5. The molecule has 0 amide bonds. The van der Waals surface area contributed by atoms with Gasteiger partial charge in [-0.1, -0.05) is 35.4 Å². The van der Waals surface area contributed by atoms with Crippen LogP contribution in [0.4, 0.5) is 0 Å². The van der Waals surface area contributed by atoms with E-state index in [1.54, 1.807) is 0 Å². The normalized spacial score (nSPS) is 13.8. The Balaban J connectivity index is 1.66. The van der Waals surface area contributed by atoms with E-state index in [9.17, 15) is 0 Å². The minimum absolute atomic E-state index is 0.794. The molecule has 1 aliphatic carbocycles. The second kappa shape index (κ2) is 7.01. The predicted molar refractivity (Wildman–Crippen MR) is 93.9 cm³/mol. The molecule has 0 saturated heterocycles. The van der Waals surface area contributed by atoms with E-state index in [-0.39, 0.29) is 0 Å². The van der Waals surface area contributed by atoms with E-state index < -0.39 is 0 Å². The first-order chi connectivity index (χ1) is 11.2. The monoisotopic (exact) mass is 304 g/mol. The summed E-state index contributed by atoms with van der Waals surface area (Å²) in [4.78, 5) is 0. The smallest absolute Gasteiger partial charge is 0.127 e. The van der Waals surface area contributed by atoms with Gasteiger partial charge in [-0.25, -0.2) is 0 Å². The highest BCUT2D eigenvalue weighted by molar-refractivity contribution is 5.38. The van der Waals surface area contributed by atoms with Crippen molar-refractivity contribution < 1.29 is 9.47 Å². The van der Waals surface area contributed by atoms with Crippen molar-refractivity contribution in [1.82, 2.24) is 0 Å². The molecule has 0 unspecified atom stereocenters. The molecule has 2 heteroatoms. The summed E-state index contributed by atoms with van der Waals surface area (Å²) in [6, 6.07) is 15.7. The Morgan fingerprint density at radius 2 is 1.26 bits per heavy atom. The van der Waals surface area contributed by atoms with Gasteiger partial charge in [0, 0.05) is 0 Å². The summed E-state index contributed by atoms with van der Waals surface area (Å²) < 4.78 is 11.7. The first-order valence-electron chi connectivity index (χ1n) is 7.75. The van der Waals surface area contributed by atoms with E-state index >= 15 is 0 Å². The minimum atomic E-state index is 0.794. The maximum absolute atomic E-state index is 5.88.